The molecule has 0 aliphatic rings. The van der Waals surface area contributed by atoms with Crippen LogP contribution in [0.5, 0.6) is 5.75 Å². The molecular formula is C13H8ClNO4S2. The maximum absolute atomic E-state index is 12.2. The molecule has 0 amide bonds. The number of rotatable bonds is 4. The van der Waals surface area contributed by atoms with Crippen LogP contribution in [-0.2, 0) is 10.1 Å². The molecule has 0 saturated carbocycles. The van der Waals surface area contributed by atoms with Gasteiger partial charge in [0.25, 0.3) is 0 Å². The molecule has 3 rings (SSSR count). The summed E-state index contributed by atoms with van der Waals surface area (Å²) in [5.74, 6) is 0.710. The van der Waals surface area contributed by atoms with E-state index in [0.717, 1.165) is 11.3 Å². The van der Waals surface area contributed by atoms with Crippen LogP contribution < -0.4 is 4.18 Å². The highest BCUT2D eigenvalue weighted by Gasteiger charge is 2.20. The summed E-state index contributed by atoms with van der Waals surface area (Å²) in [6, 6.07) is 10.9. The zero-order chi connectivity index (χ0) is 14.9. The van der Waals surface area contributed by atoms with Gasteiger partial charge >= 0.3 is 10.1 Å². The molecule has 3 aromatic rings. The van der Waals surface area contributed by atoms with Crippen molar-refractivity contribution in [1.29, 1.82) is 0 Å². The second-order valence-corrected chi connectivity index (χ2v) is 7.28. The third-order valence-corrected chi connectivity index (χ3v) is 5.58. The van der Waals surface area contributed by atoms with Gasteiger partial charge in [0, 0.05) is 11.1 Å². The molecule has 0 aliphatic heterocycles. The lowest BCUT2D eigenvalue weighted by Gasteiger charge is -2.04. The summed E-state index contributed by atoms with van der Waals surface area (Å²) < 4.78 is 34.5. The van der Waals surface area contributed by atoms with Crippen molar-refractivity contribution in [2.24, 2.45) is 0 Å². The summed E-state index contributed by atoms with van der Waals surface area (Å²) in [4.78, 5) is 0.658. The van der Waals surface area contributed by atoms with Crippen molar-refractivity contribution < 1.29 is 17.1 Å². The van der Waals surface area contributed by atoms with E-state index in [9.17, 15) is 8.42 Å². The Morgan fingerprint density at radius 2 is 1.86 bits per heavy atom. The van der Waals surface area contributed by atoms with Crippen LogP contribution in [0.2, 0.25) is 5.02 Å². The SMILES string of the molecule is O=S(=O)(Oc1ccc(Cl)cc1)c1ccc(-c2ccno2)s1. The third kappa shape index (κ3) is 3.10. The minimum atomic E-state index is -3.88. The van der Waals surface area contributed by atoms with Gasteiger partial charge in [-0.05, 0) is 36.4 Å². The summed E-state index contributed by atoms with van der Waals surface area (Å²) in [6.07, 6.45) is 1.49. The first-order valence-electron chi connectivity index (χ1n) is 5.75. The van der Waals surface area contributed by atoms with E-state index < -0.39 is 10.1 Å². The van der Waals surface area contributed by atoms with Crippen LogP contribution >= 0.6 is 22.9 Å². The quantitative estimate of drug-likeness (QED) is 0.674. The molecule has 0 spiro atoms. The van der Waals surface area contributed by atoms with Crippen molar-refractivity contribution in [2.45, 2.75) is 4.21 Å². The van der Waals surface area contributed by atoms with Crippen molar-refractivity contribution in [3.05, 3.63) is 53.7 Å². The third-order valence-electron chi connectivity index (χ3n) is 2.53. The molecule has 2 heterocycles. The molecule has 0 radical (unpaired) electrons. The normalized spacial score (nSPS) is 11.5. The van der Waals surface area contributed by atoms with Crippen molar-refractivity contribution in [1.82, 2.24) is 5.16 Å². The first-order valence-corrected chi connectivity index (χ1v) is 8.36. The average Bonchev–Trinajstić information content (AvgIpc) is 3.11. The highest BCUT2D eigenvalue weighted by Crippen LogP contribution is 2.32. The van der Waals surface area contributed by atoms with Gasteiger partial charge in [-0.3, -0.25) is 0 Å². The Morgan fingerprint density at radius 1 is 1.10 bits per heavy atom. The number of aromatic nitrogens is 1. The fourth-order valence-electron chi connectivity index (χ4n) is 1.59. The van der Waals surface area contributed by atoms with Crippen molar-refractivity contribution >= 4 is 33.1 Å². The molecule has 5 nitrogen and oxygen atoms in total. The Balaban J connectivity index is 1.87. The van der Waals surface area contributed by atoms with Crippen LogP contribution in [0.25, 0.3) is 10.6 Å². The highest BCUT2D eigenvalue weighted by molar-refractivity contribution is 7.89. The van der Waals surface area contributed by atoms with Gasteiger partial charge < -0.3 is 8.71 Å². The minimum absolute atomic E-state index is 0.0869. The minimum Gasteiger partial charge on any atom is -0.378 e. The lowest BCUT2D eigenvalue weighted by Crippen LogP contribution is -2.07. The second-order valence-electron chi connectivity index (χ2n) is 3.99. The van der Waals surface area contributed by atoms with Gasteiger partial charge in [0.15, 0.2) is 9.97 Å². The Bertz CT molecular complexity index is 839. The highest BCUT2D eigenvalue weighted by atomic mass is 35.5. The Morgan fingerprint density at radius 3 is 2.52 bits per heavy atom. The fourth-order valence-corrected chi connectivity index (χ4v) is 3.87. The molecule has 0 unspecified atom stereocenters. The van der Waals surface area contributed by atoms with Gasteiger partial charge in [0.2, 0.25) is 0 Å². The molecule has 0 fully saturated rings. The van der Waals surface area contributed by atoms with Crippen LogP contribution in [0, 0.1) is 0 Å². The van der Waals surface area contributed by atoms with Crippen LogP contribution in [0.15, 0.2) is 57.4 Å². The van der Waals surface area contributed by atoms with Crippen molar-refractivity contribution in [2.75, 3.05) is 0 Å². The van der Waals surface area contributed by atoms with E-state index in [2.05, 4.69) is 5.16 Å². The number of hydrogen-bond acceptors (Lipinski definition) is 6. The number of thiophene rings is 1. The van der Waals surface area contributed by atoms with Crippen LogP contribution in [-0.4, -0.2) is 13.6 Å². The van der Waals surface area contributed by atoms with Crippen LogP contribution in [0.4, 0.5) is 0 Å². The van der Waals surface area contributed by atoms with Crippen LogP contribution in [0.1, 0.15) is 0 Å². The molecule has 21 heavy (non-hydrogen) atoms. The number of hydrogen-bond donors (Lipinski definition) is 0. The molecule has 0 saturated heterocycles. The summed E-state index contributed by atoms with van der Waals surface area (Å²) >= 11 is 6.79. The van der Waals surface area contributed by atoms with E-state index in [-0.39, 0.29) is 9.96 Å². The molecule has 0 N–H and O–H groups in total. The smallest absolute Gasteiger partial charge is 0.348 e. The monoisotopic (exact) mass is 341 g/mol. The van der Waals surface area contributed by atoms with Gasteiger partial charge in [0.1, 0.15) is 5.75 Å². The molecule has 8 heteroatoms. The first-order chi connectivity index (χ1) is 10.0. The predicted molar refractivity (Wildman–Crippen MR) is 79.1 cm³/mol. The van der Waals surface area contributed by atoms with Crippen LogP contribution in [0.3, 0.4) is 0 Å². The predicted octanol–water partition coefficient (Wildman–Crippen LogP) is 3.82. The van der Waals surface area contributed by atoms with E-state index >= 15 is 0 Å². The Hall–Kier alpha value is -1.83. The maximum Gasteiger partial charge on any atom is 0.348 e. The summed E-state index contributed by atoms with van der Waals surface area (Å²) in [5.41, 5.74) is 0. The van der Waals surface area contributed by atoms with Crippen molar-refractivity contribution in [3.8, 4) is 16.4 Å². The van der Waals surface area contributed by atoms with Crippen molar-refractivity contribution in [3.63, 3.8) is 0 Å². The zero-order valence-corrected chi connectivity index (χ0v) is 12.8. The maximum atomic E-state index is 12.2. The lowest BCUT2D eigenvalue weighted by molar-refractivity contribution is 0.433. The van der Waals surface area contributed by atoms with Gasteiger partial charge in [-0.2, -0.15) is 8.42 Å². The van der Waals surface area contributed by atoms with Gasteiger partial charge in [0.05, 0.1) is 11.1 Å². The van der Waals surface area contributed by atoms with E-state index in [1.165, 1.54) is 24.4 Å². The van der Waals surface area contributed by atoms with Gasteiger partial charge in [-0.25, -0.2) is 0 Å². The van der Waals surface area contributed by atoms with E-state index in [1.54, 1.807) is 24.3 Å². The lowest BCUT2D eigenvalue weighted by atomic mass is 10.3. The van der Waals surface area contributed by atoms with E-state index in [4.69, 9.17) is 20.3 Å². The standard InChI is InChI=1S/C13H8ClNO4S2/c14-9-1-3-10(4-2-9)19-21(16,17)13-6-5-12(20-13)11-7-8-15-18-11/h1-8H. The molecule has 0 bridgehead atoms. The number of halogens is 1. The summed E-state index contributed by atoms with van der Waals surface area (Å²) in [7, 11) is -3.88. The number of nitrogens with zero attached hydrogens (tertiary/aromatic N) is 1. The van der Waals surface area contributed by atoms with Gasteiger partial charge in [-0.15, -0.1) is 11.3 Å². The topological polar surface area (TPSA) is 69.4 Å². The zero-order valence-electron chi connectivity index (χ0n) is 10.4. The molecule has 0 atom stereocenters. The van der Waals surface area contributed by atoms with Gasteiger partial charge in [-0.1, -0.05) is 16.8 Å². The van der Waals surface area contributed by atoms with E-state index in [0.29, 0.717) is 15.7 Å². The first kappa shape index (κ1) is 14.1. The summed E-state index contributed by atoms with van der Waals surface area (Å²) in [6.45, 7) is 0. The second kappa shape index (κ2) is 5.51. The van der Waals surface area contributed by atoms with E-state index in [1.807, 2.05) is 0 Å². The summed E-state index contributed by atoms with van der Waals surface area (Å²) in [5, 5.41) is 4.09. The molecule has 108 valence electrons. The fraction of sp³-hybridized carbons (Fsp3) is 0. The number of benzene rings is 1. The Labute approximate surface area is 129 Å². The Kier molecular flexibility index (Phi) is 3.71. The molecular weight excluding hydrogens is 334 g/mol. The molecule has 1 aromatic carbocycles. The average molecular weight is 342 g/mol. The molecule has 0 aliphatic carbocycles. The largest absolute Gasteiger partial charge is 0.378 e. The molecule has 2 aromatic heterocycles.